The number of benzene rings is 2. The first kappa shape index (κ1) is 18.2. The quantitative estimate of drug-likeness (QED) is 0.567. The van der Waals surface area contributed by atoms with Gasteiger partial charge in [-0.3, -0.25) is 4.79 Å². The molecule has 0 bridgehead atoms. The summed E-state index contributed by atoms with van der Waals surface area (Å²) in [4.78, 5) is 25.5. The van der Waals surface area contributed by atoms with Gasteiger partial charge in [-0.1, -0.05) is 18.2 Å². The van der Waals surface area contributed by atoms with E-state index < -0.39 is 5.79 Å². The van der Waals surface area contributed by atoms with Crippen LogP contribution < -0.4 is 20.5 Å². The van der Waals surface area contributed by atoms with Gasteiger partial charge in [-0.25, -0.2) is 13.9 Å². The van der Waals surface area contributed by atoms with Gasteiger partial charge in [0, 0.05) is 25.6 Å². The molecule has 2 aromatic carbocycles. The van der Waals surface area contributed by atoms with Crippen molar-refractivity contribution in [3.63, 3.8) is 0 Å². The van der Waals surface area contributed by atoms with E-state index in [2.05, 4.69) is 10.4 Å². The summed E-state index contributed by atoms with van der Waals surface area (Å²) in [6.07, 6.45) is 0. The van der Waals surface area contributed by atoms with Crippen LogP contribution in [0.25, 0.3) is 16.6 Å². The van der Waals surface area contributed by atoms with E-state index in [4.69, 9.17) is 9.47 Å². The van der Waals surface area contributed by atoms with E-state index >= 15 is 0 Å². The lowest BCUT2D eigenvalue weighted by Gasteiger charge is -2.16. The van der Waals surface area contributed by atoms with Crippen molar-refractivity contribution in [2.75, 3.05) is 5.32 Å². The summed E-state index contributed by atoms with van der Waals surface area (Å²) in [5.41, 5.74) is 2.36. The Bertz CT molecular complexity index is 1380. The van der Waals surface area contributed by atoms with Gasteiger partial charge in [0.25, 0.3) is 0 Å². The zero-order valence-electron chi connectivity index (χ0n) is 16.8. The molecule has 1 aliphatic rings. The SMILES string of the molecule is Cc1cc2ccccc2n2c(=O)n(CC(=O)Nc3ccc4c(c3)OC(C)(C)O4)nc12. The Labute approximate surface area is 171 Å². The molecule has 5 rings (SSSR count). The van der Waals surface area contributed by atoms with Crippen LogP contribution in [0.5, 0.6) is 11.5 Å². The maximum Gasteiger partial charge on any atom is 0.351 e. The van der Waals surface area contributed by atoms with Crippen LogP contribution in [0, 0.1) is 6.92 Å². The predicted molar refractivity (Wildman–Crippen MR) is 112 cm³/mol. The highest BCUT2D eigenvalue weighted by atomic mass is 16.7. The first-order chi connectivity index (χ1) is 14.3. The highest BCUT2D eigenvalue weighted by Crippen LogP contribution is 2.40. The number of carbonyl (C=O) groups is 1. The van der Waals surface area contributed by atoms with Gasteiger partial charge in [0.1, 0.15) is 6.54 Å². The molecule has 0 unspecified atom stereocenters. The molecule has 0 spiro atoms. The summed E-state index contributed by atoms with van der Waals surface area (Å²) >= 11 is 0. The molecular weight excluding hydrogens is 384 g/mol. The van der Waals surface area contributed by atoms with Crippen LogP contribution in [0.1, 0.15) is 19.4 Å². The summed E-state index contributed by atoms with van der Waals surface area (Å²) in [5.74, 6) is 0.0810. The number of hydrogen-bond acceptors (Lipinski definition) is 5. The number of fused-ring (bicyclic) bond motifs is 4. The van der Waals surface area contributed by atoms with Crippen molar-refractivity contribution in [3.8, 4) is 11.5 Å². The van der Waals surface area contributed by atoms with Gasteiger partial charge in [0.05, 0.1) is 5.52 Å². The average Bonchev–Trinajstić information content (AvgIpc) is 3.17. The molecule has 1 N–H and O–H groups in total. The van der Waals surface area contributed by atoms with Crippen molar-refractivity contribution in [2.24, 2.45) is 0 Å². The van der Waals surface area contributed by atoms with Crippen LogP contribution in [0.4, 0.5) is 5.69 Å². The lowest BCUT2D eigenvalue weighted by molar-refractivity contribution is -0.117. The van der Waals surface area contributed by atoms with E-state index in [1.54, 1.807) is 22.6 Å². The first-order valence-corrected chi connectivity index (χ1v) is 9.61. The normalized spacial score (nSPS) is 14.4. The third kappa shape index (κ3) is 2.97. The van der Waals surface area contributed by atoms with Crippen molar-refractivity contribution in [1.82, 2.24) is 14.2 Å². The van der Waals surface area contributed by atoms with Crippen LogP contribution >= 0.6 is 0 Å². The summed E-state index contributed by atoms with van der Waals surface area (Å²) in [6, 6.07) is 14.7. The van der Waals surface area contributed by atoms with Crippen LogP contribution in [0.3, 0.4) is 0 Å². The molecule has 8 heteroatoms. The van der Waals surface area contributed by atoms with E-state index in [1.807, 2.05) is 51.1 Å². The highest BCUT2D eigenvalue weighted by Gasteiger charge is 2.31. The molecule has 0 atom stereocenters. The largest absolute Gasteiger partial charge is 0.449 e. The summed E-state index contributed by atoms with van der Waals surface area (Å²) in [6.45, 7) is 5.32. The van der Waals surface area contributed by atoms with E-state index in [1.165, 1.54) is 4.68 Å². The number of anilines is 1. The molecule has 0 saturated heterocycles. The average molecular weight is 404 g/mol. The molecule has 152 valence electrons. The molecule has 0 saturated carbocycles. The first-order valence-electron chi connectivity index (χ1n) is 9.61. The molecule has 1 amide bonds. The Morgan fingerprint density at radius 2 is 1.87 bits per heavy atom. The highest BCUT2D eigenvalue weighted by molar-refractivity contribution is 5.91. The fourth-order valence-electron chi connectivity index (χ4n) is 3.73. The van der Waals surface area contributed by atoms with Gasteiger partial charge in [-0.2, -0.15) is 0 Å². The smallest absolute Gasteiger partial charge is 0.351 e. The van der Waals surface area contributed by atoms with E-state index in [9.17, 15) is 9.59 Å². The zero-order valence-corrected chi connectivity index (χ0v) is 16.8. The van der Waals surface area contributed by atoms with Gasteiger partial charge in [0.15, 0.2) is 17.1 Å². The van der Waals surface area contributed by atoms with Gasteiger partial charge in [-0.05, 0) is 42.1 Å². The minimum atomic E-state index is -0.741. The third-order valence-corrected chi connectivity index (χ3v) is 4.97. The molecule has 2 aromatic heterocycles. The van der Waals surface area contributed by atoms with Crippen molar-refractivity contribution in [1.29, 1.82) is 0 Å². The Morgan fingerprint density at radius 3 is 2.70 bits per heavy atom. The standard InChI is InChI=1S/C22H20N4O4/c1-13-10-14-6-4-5-7-16(14)26-20(13)24-25(21(26)28)12-19(27)23-15-8-9-17-18(11-15)30-22(2,3)29-17/h4-11H,12H2,1-3H3,(H,23,27). The maximum atomic E-state index is 13.0. The van der Waals surface area contributed by atoms with Crippen molar-refractivity contribution in [2.45, 2.75) is 33.1 Å². The molecule has 4 aromatic rings. The molecule has 0 fully saturated rings. The Balaban J connectivity index is 1.43. The number of nitrogens with zero attached hydrogens (tertiary/aromatic N) is 3. The Morgan fingerprint density at radius 1 is 1.10 bits per heavy atom. The fourth-order valence-corrected chi connectivity index (χ4v) is 3.73. The Hall–Kier alpha value is -3.81. The van der Waals surface area contributed by atoms with Gasteiger partial charge in [-0.15, -0.1) is 5.10 Å². The zero-order chi connectivity index (χ0) is 21.0. The lowest BCUT2D eigenvalue weighted by Crippen LogP contribution is -2.29. The molecule has 1 aliphatic heterocycles. The topological polar surface area (TPSA) is 86.9 Å². The number of rotatable bonds is 3. The maximum absolute atomic E-state index is 13.0. The Kier molecular flexibility index (Phi) is 3.86. The monoisotopic (exact) mass is 404 g/mol. The van der Waals surface area contributed by atoms with E-state index in [-0.39, 0.29) is 18.1 Å². The van der Waals surface area contributed by atoms with E-state index in [0.717, 1.165) is 16.5 Å². The molecule has 0 radical (unpaired) electrons. The number of para-hydroxylation sites is 1. The number of pyridine rings is 1. The third-order valence-electron chi connectivity index (χ3n) is 4.97. The van der Waals surface area contributed by atoms with Gasteiger partial charge >= 0.3 is 5.69 Å². The second-order valence-electron chi connectivity index (χ2n) is 7.80. The van der Waals surface area contributed by atoms with Gasteiger partial charge in [0.2, 0.25) is 11.7 Å². The van der Waals surface area contributed by atoms with Crippen molar-refractivity contribution >= 4 is 28.1 Å². The van der Waals surface area contributed by atoms with Crippen LogP contribution in [-0.2, 0) is 11.3 Å². The van der Waals surface area contributed by atoms with Crippen molar-refractivity contribution in [3.05, 3.63) is 64.6 Å². The number of nitrogens with one attached hydrogen (secondary N) is 1. The van der Waals surface area contributed by atoms with E-state index in [0.29, 0.717) is 22.8 Å². The number of carbonyl (C=O) groups excluding carboxylic acids is 1. The fraction of sp³-hybridized carbons (Fsp3) is 0.227. The molecule has 30 heavy (non-hydrogen) atoms. The number of amides is 1. The predicted octanol–water partition coefficient (Wildman–Crippen LogP) is 3.10. The molecule has 3 heterocycles. The van der Waals surface area contributed by atoms with Crippen LogP contribution in [0.15, 0.2) is 53.3 Å². The number of aryl methyl sites for hydroxylation is 1. The number of hydrogen-bond donors (Lipinski definition) is 1. The number of aromatic nitrogens is 3. The molecule has 0 aliphatic carbocycles. The van der Waals surface area contributed by atoms with Crippen LogP contribution in [0.2, 0.25) is 0 Å². The van der Waals surface area contributed by atoms with Crippen molar-refractivity contribution < 1.29 is 14.3 Å². The summed E-state index contributed by atoms with van der Waals surface area (Å²) in [5, 5.41) is 8.11. The molecule has 8 nitrogen and oxygen atoms in total. The lowest BCUT2D eigenvalue weighted by atomic mass is 10.1. The van der Waals surface area contributed by atoms with Crippen LogP contribution in [-0.4, -0.2) is 25.9 Å². The second kappa shape index (κ2) is 6.35. The molecular formula is C22H20N4O4. The second-order valence-corrected chi connectivity index (χ2v) is 7.80. The summed E-state index contributed by atoms with van der Waals surface area (Å²) in [7, 11) is 0. The van der Waals surface area contributed by atoms with Gasteiger partial charge < -0.3 is 14.8 Å². The minimum Gasteiger partial charge on any atom is -0.449 e. The number of ether oxygens (including phenoxy) is 2. The summed E-state index contributed by atoms with van der Waals surface area (Å²) < 4.78 is 14.1. The minimum absolute atomic E-state index is 0.200.